The zero-order valence-electron chi connectivity index (χ0n) is 42.3. The van der Waals surface area contributed by atoms with Crippen LogP contribution in [-0.2, 0) is 28.5 Å². The van der Waals surface area contributed by atoms with Gasteiger partial charge in [0.2, 0.25) is 11.2 Å². The zero-order valence-corrected chi connectivity index (χ0v) is 42.3. The quantitative estimate of drug-likeness (QED) is 0.0247. The number of allylic oxidation sites excluding steroid dienone is 2. The molecule has 18 heteroatoms. The number of nitrogens with zero attached hydrogens (tertiary/aromatic N) is 2. The van der Waals surface area contributed by atoms with Crippen molar-refractivity contribution in [3.63, 3.8) is 0 Å². The zero-order chi connectivity index (χ0) is 52.0. The van der Waals surface area contributed by atoms with Gasteiger partial charge in [-0.1, -0.05) is 39.0 Å². The second-order valence-electron chi connectivity index (χ2n) is 20.3. The van der Waals surface area contributed by atoms with E-state index >= 15 is 0 Å². The summed E-state index contributed by atoms with van der Waals surface area (Å²) >= 11 is 0. The highest BCUT2D eigenvalue weighted by Crippen LogP contribution is 2.50. The van der Waals surface area contributed by atoms with Crippen molar-refractivity contribution >= 4 is 51.3 Å². The normalized spacial score (nSPS) is 22.5. The van der Waals surface area contributed by atoms with Crippen molar-refractivity contribution < 1.29 is 67.3 Å². The largest absolute Gasteiger partial charge is 0.516 e. The van der Waals surface area contributed by atoms with Crippen LogP contribution in [0.1, 0.15) is 98.0 Å². The minimum atomic E-state index is -1.33. The van der Waals surface area contributed by atoms with Crippen LogP contribution < -0.4 is 20.2 Å². The Balaban J connectivity index is 1.19. The van der Waals surface area contributed by atoms with E-state index in [2.05, 4.69) is 5.32 Å². The smallest absolute Gasteiger partial charge is 0.410 e. The summed E-state index contributed by atoms with van der Waals surface area (Å²) in [7, 11) is 1.45. The topological polar surface area (TPSA) is 243 Å². The first-order valence-corrected chi connectivity index (χ1v) is 23.9. The van der Waals surface area contributed by atoms with E-state index in [1.54, 1.807) is 69.0 Å². The van der Waals surface area contributed by atoms with Crippen LogP contribution in [0.5, 0.6) is 17.2 Å². The summed E-state index contributed by atoms with van der Waals surface area (Å²) in [5.41, 5.74) is -2.15. The number of anilines is 1. The molecule has 7 rings (SSSR count). The minimum Gasteiger partial charge on any atom is -0.516 e. The van der Waals surface area contributed by atoms with Gasteiger partial charge < -0.3 is 58.4 Å². The summed E-state index contributed by atoms with van der Waals surface area (Å²) in [5.74, 6) is -2.98. The van der Waals surface area contributed by atoms with Gasteiger partial charge in [-0.15, -0.1) is 0 Å². The molecule has 382 valence electrons. The molecule has 0 unspecified atom stereocenters. The van der Waals surface area contributed by atoms with Gasteiger partial charge in [0.1, 0.15) is 58.1 Å². The van der Waals surface area contributed by atoms with Crippen LogP contribution >= 0.6 is 0 Å². The fourth-order valence-corrected chi connectivity index (χ4v) is 9.60. The maximum Gasteiger partial charge on any atom is 0.410 e. The maximum atomic E-state index is 14.7. The molecule has 1 aliphatic carbocycles. The highest BCUT2D eigenvalue weighted by molar-refractivity contribution is 6.22. The Morgan fingerprint density at radius 2 is 1.73 bits per heavy atom. The van der Waals surface area contributed by atoms with Crippen LogP contribution in [0.3, 0.4) is 0 Å². The molecule has 4 N–H and O–H groups in total. The minimum absolute atomic E-state index is 0.0217. The molecule has 2 aromatic carbocycles. The molecule has 2 fully saturated rings. The third-order valence-electron chi connectivity index (χ3n) is 13.5. The van der Waals surface area contributed by atoms with Gasteiger partial charge in [-0.3, -0.25) is 19.2 Å². The van der Waals surface area contributed by atoms with Crippen LogP contribution in [0.15, 0.2) is 63.6 Å². The number of rotatable bonds is 13. The number of fused-ring (bicyclic) bond motifs is 6. The molecular formula is C53H65N3O15. The highest BCUT2D eigenvalue weighted by Gasteiger charge is 2.50. The number of aromatic hydroxyl groups is 1. The van der Waals surface area contributed by atoms with Gasteiger partial charge in [0, 0.05) is 80.3 Å². The van der Waals surface area contributed by atoms with Gasteiger partial charge in [-0.2, -0.15) is 0 Å². The van der Waals surface area contributed by atoms with Crippen molar-refractivity contribution in [1.82, 2.24) is 9.88 Å². The lowest BCUT2D eigenvalue weighted by Crippen LogP contribution is -2.46. The number of hydrogen-bond acceptors (Lipinski definition) is 16. The lowest BCUT2D eigenvalue weighted by Gasteiger charge is -2.33. The molecule has 18 nitrogen and oxygen atoms in total. The average Bonchev–Trinajstić information content (AvgIpc) is 3.74. The lowest BCUT2D eigenvalue weighted by molar-refractivity contribution is -0.168. The van der Waals surface area contributed by atoms with Gasteiger partial charge >= 0.3 is 12.1 Å². The van der Waals surface area contributed by atoms with Crippen molar-refractivity contribution in [3.8, 4) is 28.7 Å². The number of aliphatic hydroxyl groups is 2. The predicted molar refractivity (Wildman–Crippen MR) is 263 cm³/mol. The number of nitrogens with one attached hydrogen (secondary N) is 1. The van der Waals surface area contributed by atoms with Crippen LogP contribution in [0, 0.1) is 24.7 Å². The van der Waals surface area contributed by atoms with Gasteiger partial charge in [-0.25, -0.2) is 9.78 Å². The molecule has 2 saturated heterocycles. The number of ketones is 1. The summed E-state index contributed by atoms with van der Waals surface area (Å²) in [6, 6.07) is 5.00. The molecule has 0 saturated carbocycles. The first-order valence-electron chi connectivity index (χ1n) is 23.9. The van der Waals surface area contributed by atoms with E-state index in [1.807, 2.05) is 34.6 Å². The van der Waals surface area contributed by atoms with E-state index in [0.29, 0.717) is 37.2 Å². The molecule has 2 aromatic rings. The fourth-order valence-electron chi connectivity index (χ4n) is 9.60. The number of phenols is 1. The second kappa shape index (κ2) is 20.3. The average molecular weight is 984 g/mol. The fraction of sp³-hybridized carbons (Fsp3) is 0.509. The number of aliphatic hydroxyl groups excluding tert-OH is 2. The molecular weight excluding hydrogens is 919 g/mol. The highest BCUT2D eigenvalue weighted by atomic mass is 16.6. The second-order valence-corrected chi connectivity index (χ2v) is 20.3. The number of amides is 2. The first-order chi connectivity index (χ1) is 33.4. The van der Waals surface area contributed by atoms with E-state index in [9.17, 15) is 39.3 Å². The lowest BCUT2D eigenvalue weighted by atomic mass is 9.86. The molecule has 0 aromatic heterocycles. The number of benzene rings is 3. The number of methoxy groups -OCH3 is 1. The molecule has 0 radical (unpaired) electrons. The molecule has 5 aliphatic rings. The Labute approximate surface area is 411 Å². The molecule has 71 heavy (non-hydrogen) atoms. The summed E-state index contributed by atoms with van der Waals surface area (Å²) < 4.78 is 42.0. The number of esters is 1. The molecule has 4 aliphatic heterocycles. The molecule has 4 heterocycles. The monoisotopic (exact) mass is 983 g/mol. The van der Waals surface area contributed by atoms with Crippen LogP contribution in [0.2, 0.25) is 0 Å². The Kier molecular flexibility index (Phi) is 15.0. The van der Waals surface area contributed by atoms with Crippen LogP contribution in [-0.4, -0.2) is 117 Å². The van der Waals surface area contributed by atoms with Crippen molar-refractivity contribution in [2.45, 2.75) is 137 Å². The van der Waals surface area contributed by atoms with Crippen molar-refractivity contribution in [1.29, 1.82) is 0 Å². The van der Waals surface area contributed by atoms with Crippen LogP contribution in [0.25, 0.3) is 33.3 Å². The molecule has 8 atom stereocenters. The number of carbonyl (C=O) groups is 4. The van der Waals surface area contributed by atoms with Gasteiger partial charge in [0.25, 0.3) is 5.91 Å². The van der Waals surface area contributed by atoms with E-state index in [1.165, 1.54) is 27.0 Å². The molecule has 0 spiro atoms. The third-order valence-corrected chi connectivity index (χ3v) is 13.5. The van der Waals surface area contributed by atoms with E-state index in [4.69, 9.17) is 37.8 Å². The SMILES string of the molecule is CO[C@@H](/C=C/O)[C@@H](C)[C@@H](OC(C)=O)[C@@H]1O[C@@H]([C@@H](C)/C=C/C=C(/C)C(=O)Nc2c3oc4cc(OC5CCN(C(=O)OC(C)(C)C)CC5)ccc4nc-3c3c4c(c(C)c(O)c3c2=O)OC(C)(C)C4=O)[C@@H](C)[C@H]1O. The van der Waals surface area contributed by atoms with Gasteiger partial charge in [0.05, 0.1) is 35.5 Å². The molecule has 0 bridgehead atoms. The van der Waals surface area contributed by atoms with E-state index in [-0.39, 0.29) is 74.1 Å². The number of aromatic nitrogens is 1. The standard InChI is InChI=1S/C53H65N3O15/c1-25(44-29(5)42(60)48(69-44)46(66-30(6)58)27(3)34(65-12)20-23-57)14-13-15-26(2)50(63)55-40-43(61)37-36(38-45(28(4)41(37)59)70-53(10,11)49(38)62)39-47(40)68-35-24-32(16-17-33(35)54-39)67-31-18-21-56(22-19-31)51(64)71-52(7,8)9/h13-17,20,23-25,27,29,31,34,42,44,46,48,57,59-60H,18-19,21-22H2,1-12H3,(H,55,63)/b14-13+,23-20+,26-15-/t25-,27+,29-,34-,42+,44-,46+,48+/m0/s1. The number of hydrogen-bond donors (Lipinski definition) is 4. The van der Waals surface area contributed by atoms with Crippen molar-refractivity contribution in [2.24, 2.45) is 17.8 Å². The number of likely N-dealkylation sites (tertiary alicyclic amines) is 1. The van der Waals surface area contributed by atoms with E-state index in [0.717, 1.165) is 6.26 Å². The van der Waals surface area contributed by atoms with E-state index < -0.39 is 82.4 Å². The summed E-state index contributed by atoms with van der Waals surface area (Å²) in [6.07, 6.45) is 3.68. The third kappa shape index (κ3) is 10.5. The summed E-state index contributed by atoms with van der Waals surface area (Å²) in [5, 5.41) is 34.9. The van der Waals surface area contributed by atoms with Gasteiger partial charge in [0.15, 0.2) is 16.9 Å². The number of phenolic OH excluding ortho intramolecular Hbond substituents is 1. The van der Waals surface area contributed by atoms with Gasteiger partial charge in [-0.05, 0) is 66.7 Å². The summed E-state index contributed by atoms with van der Waals surface area (Å²) in [6.45, 7) is 19.3. The number of Topliss-reactive ketones (excluding diaryl/α,β-unsaturated/α-hetero) is 1. The number of carbonyl (C=O) groups excluding carboxylic acids is 4. The number of piperidine rings is 1. The maximum absolute atomic E-state index is 14.7. The van der Waals surface area contributed by atoms with Crippen molar-refractivity contribution in [3.05, 3.63) is 75.7 Å². The molecule has 2 amide bonds. The Morgan fingerprint density at radius 3 is 2.37 bits per heavy atom. The number of ether oxygens (including phenoxy) is 6. The predicted octanol–water partition coefficient (Wildman–Crippen LogP) is 8.09. The summed E-state index contributed by atoms with van der Waals surface area (Å²) in [4.78, 5) is 74.2. The Morgan fingerprint density at radius 1 is 1.04 bits per heavy atom. The van der Waals surface area contributed by atoms with Crippen molar-refractivity contribution in [2.75, 3.05) is 25.5 Å². The Bertz CT molecular complexity index is 2850. The Hall–Kier alpha value is -6.50. The van der Waals surface area contributed by atoms with Crippen LogP contribution in [0.4, 0.5) is 10.5 Å². The first kappa shape index (κ1) is 52.3.